The second-order valence-electron chi connectivity index (χ2n) is 6.36. The molecule has 1 aliphatic rings. The van der Waals surface area contributed by atoms with Gasteiger partial charge in [0.25, 0.3) is 15.8 Å². The third-order valence-corrected chi connectivity index (χ3v) is 5.29. The highest BCUT2D eigenvalue weighted by Crippen LogP contribution is 2.41. The van der Waals surface area contributed by atoms with Crippen LogP contribution in [0.4, 0.5) is 5.69 Å². The van der Waals surface area contributed by atoms with Crippen LogP contribution in [0.15, 0.2) is 35.2 Å². The fourth-order valence-electron chi connectivity index (χ4n) is 3.14. The maximum absolute atomic E-state index is 11.6. The monoisotopic (exact) mass is 407 g/mol. The molecule has 1 unspecified atom stereocenters. The zero-order chi connectivity index (χ0) is 20.5. The number of fused-ring (bicyclic) bond motifs is 1. The molecule has 0 saturated heterocycles. The molecule has 0 aliphatic carbocycles. The Labute approximate surface area is 160 Å². The van der Waals surface area contributed by atoms with E-state index in [2.05, 4.69) is 0 Å². The van der Waals surface area contributed by atoms with E-state index in [0.717, 1.165) is 5.56 Å². The molecule has 148 valence electrons. The van der Waals surface area contributed by atoms with E-state index in [1.807, 2.05) is 0 Å². The smallest absolute Gasteiger partial charge is 0.294 e. The van der Waals surface area contributed by atoms with E-state index in [4.69, 9.17) is 9.47 Å². The van der Waals surface area contributed by atoms with Gasteiger partial charge in [0, 0.05) is 18.9 Å². The van der Waals surface area contributed by atoms with Gasteiger partial charge in [0.1, 0.15) is 19.0 Å². The van der Waals surface area contributed by atoms with Crippen molar-refractivity contribution in [2.45, 2.75) is 30.8 Å². The van der Waals surface area contributed by atoms with Crippen molar-refractivity contribution in [3.05, 3.63) is 57.1 Å². The van der Waals surface area contributed by atoms with Crippen LogP contribution >= 0.6 is 0 Å². The Hall–Kier alpha value is -2.98. The first-order chi connectivity index (χ1) is 13.2. The first-order valence-electron chi connectivity index (χ1n) is 8.31. The van der Waals surface area contributed by atoms with Gasteiger partial charge in [-0.25, -0.2) is 0 Å². The number of benzene rings is 2. The summed E-state index contributed by atoms with van der Waals surface area (Å²) in [5.41, 5.74) is 0.962. The van der Waals surface area contributed by atoms with Gasteiger partial charge in [0.05, 0.1) is 15.4 Å². The fourth-order valence-corrected chi connectivity index (χ4v) is 3.85. The molecule has 1 N–H and O–H groups in total. The highest BCUT2D eigenvalue weighted by Gasteiger charge is 2.30. The third kappa shape index (κ3) is 3.97. The first kappa shape index (κ1) is 19.8. The molecular weight excluding hydrogens is 390 g/mol. The predicted molar refractivity (Wildman–Crippen MR) is 97.5 cm³/mol. The summed E-state index contributed by atoms with van der Waals surface area (Å²) >= 11 is 0. The summed E-state index contributed by atoms with van der Waals surface area (Å²) < 4.78 is 44.2. The van der Waals surface area contributed by atoms with Gasteiger partial charge in [-0.15, -0.1) is 0 Å². The summed E-state index contributed by atoms with van der Waals surface area (Å²) in [7, 11) is -4.43. The Bertz CT molecular complexity index is 1050. The number of carbonyl (C=O) groups is 1. The lowest BCUT2D eigenvalue weighted by Crippen LogP contribution is -2.32. The van der Waals surface area contributed by atoms with E-state index in [0.29, 0.717) is 11.8 Å². The average molecular weight is 407 g/mol. The largest absolute Gasteiger partial charge is 0.486 e. The number of aryl methyl sites for hydroxylation is 1. The molecule has 0 bridgehead atoms. The number of hydrogen-bond donors (Lipinski definition) is 1. The Morgan fingerprint density at radius 1 is 1.32 bits per heavy atom. The number of nitro groups is 1. The molecule has 0 saturated carbocycles. The Kier molecular flexibility index (Phi) is 5.34. The predicted octanol–water partition coefficient (Wildman–Crippen LogP) is 2.27. The first-order valence-corrected chi connectivity index (χ1v) is 9.75. The Morgan fingerprint density at radius 2 is 2.07 bits per heavy atom. The number of nitro benzene ring substituents is 1. The van der Waals surface area contributed by atoms with Crippen molar-refractivity contribution in [3.8, 4) is 11.5 Å². The molecular formula is C18H17NO8S. The molecule has 1 atom stereocenters. The summed E-state index contributed by atoms with van der Waals surface area (Å²) in [4.78, 5) is 21.4. The molecule has 2 aromatic rings. The van der Waals surface area contributed by atoms with E-state index >= 15 is 0 Å². The number of ether oxygens (including phenoxy) is 2. The highest BCUT2D eigenvalue weighted by molar-refractivity contribution is 7.85. The van der Waals surface area contributed by atoms with Gasteiger partial charge in [-0.2, -0.15) is 8.42 Å². The molecule has 9 nitrogen and oxygen atoms in total. The zero-order valence-electron chi connectivity index (χ0n) is 14.8. The van der Waals surface area contributed by atoms with Crippen LogP contribution in [0.2, 0.25) is 0 Å². The normalized spacial score (nSPS) is 15.9. The molecule has 0 radical (unpaired) electrons. The second-order valence-corrected chi connectivity index (χ2v) is 7.75. The van der Waals surface area contributed by atoms with Gasteiger partial charge in [-0.1, -0.05) is 17.7 Å². The number of nitrogens with zero attached hydrogens (tertiary/aromatic N) is 1. The van der Waals surface area contributed by atoms with Crippen LogP contribution in [0.25, 0.3) is 0 Å². The van der Waals surface area contributed by atoms with Gasteiger partial charge >= 0.3 is 0 Å². The second kappa shape index (κ2) is 7.56. The minimum atomic E-state index is -4.43. The van der Waals surface area contributed by atoms with Crippen LogP contribution in [0, 0.1) is 17.0 Å². The van der Waals surface area contributed by atoms with Crippen LogP contribution < -0.4 is 9.47 Å². The van der Waals surface area contributed by atoms with Crippen molar-refractivity contribution >= 4 is 22.1 Å². The minimum absolute atomic E-state index is 0.0736. The van der Waals surface area contributed by atoms with E-state index < -0.39 is 21.1 Å². The number of aldehydes is 1. The van der Waals surface area contributed by atoms with E-state index in [1.165, 1.54) is 18.2 Å². The minimum Gasteiger partial charge on any atom is -0.486 e. The standard InChI is InChI=1S/C18H17NO8S/c1-11-2-5-17(28(23,24)25)12(8-11)9-13-10-26-16-4-3-15(19(21)22)14(6-7-20)18(16)27-13/h2-5,7-8,13H,6,9-10H2,1H3,(H,23,24,25). The van der Waals surface area contributed by atoms with Crippen LogP contribution in [-0.2, 0) is 27.8 Å². The van der Waals surface area contributed by atoms with Crippen molar-refractivity contribution < 1.29 is 32.2 Å². The van der Waals surface area contributed by atoms with Crippen molar-refractivity contribution in [2.24, 2.45) is 0 Å². The van der Waals surface area contributed by atoms with Crippen molar-refractivity contribution in [3.63, 3.8) is 0 Å². The van der Waals surface area contributed by atoms with Gasteiger partial charge < -0.3 is 14.3 Å². The number of carbonyl (C=O) groups excluding carboxylic acids is 1. The molecule has 0 amide bonds. The molecule has 2 aromatic carbocycles. The molecule has 0 spiro atoms. The summed E-state index contributed by atoms with van der Waals surface area (Å²) in [6, 6.07) is 7.13. The average Bonchev–Trinajstić information content (AvgIpc) is 2.61. The molecule has 0 fully saturated rings. The van der Waals surface area contributed by atoms with E-state index in [-0.39, 0.29) is 47.1 Å². The maximum atomic E-state index is 11.6. The van der Waals surface area contributed by atoms with Crippen LogP contribution in [0.3, 0.4) is 0 Å². The van der Waals surface area contributed by atoms with Gasteiger partial charge in [-0.05, 0) is 24.6 Å². The lowest BCUT2D eigenvalue weighted by atomic mass is 10.0. The van der Waals surface area contributed by atoms with Crippen molar-refractivity contribution in [1.82, 2.24) is 0 Å². The fraction of sp³-hybridized carbons (Fsp3) is 0.278. The molecule has 1 heterocycles. The lowest BCUT2D eigenvalue weighted by molar-refractivity contribution is -0.385. The van der Waals surface area contributed by atoms with Crippen molar-refractivity contribution in [1.29, 1.82) is 0 Å². The number of rotatable bonds is 6. The third-order valence-electron chi connectivity index (χ3n) is 4.33. The Balaban J connectivity index is 1.97. The summed E-state index contributed by atoms with van der Waals surface area (Å²) in [5, 5.41) is 11.2. The highest BCUT2D eigenvalue weighted by atomic mass is 32.2. The van der Waals surface area contributed by atoms with Crippen LogP contribution in [0.5, 0.6) is 11.5 Å². The molecule has 28 heavy (non-hydrogen) atoms. The topological polar surface area (TPSA) is 133 Å². The summed E-state index contributed by atoms with van der Waals surface area (Å²) in [6.45, 7) is 1.85. The van der Waals surface area contributed by atoms with Gasteiger partial charge in [-0.3, -0.25) is 14.7 Å². The van der Waals surface area contributed by atoms with E-state index in [1.54, 1.807) is 19.1 Å². The summed E-state index contributed by atoms with van der Waals surface area (Å²) in [6.07, 6.45) is -0.273. The van der Waals surface area contributed by atoms with Crippen molar-refractivity contribution in [2.75, 3.05) is 6.61 Å². The lowest BCUT2D eigenvalue weighted by Gasteiger charge is -2.28. The quantitative estimate of drug-likeness (QED) is 0.334. The molecule has 0 aromatic heterocycles. The van der Waals surface area contributed by atoms with Gasteiger partial charge in [0.2, 0.25) is 0 Å². The van der Waals surface area contributed by atoms with Gasteiger partial charge in [0.15, 0.2) is 11.5 Å². The molecule has 3 rings (SSSR count). The summed E-state index contributed by atoms with van der Waals surface area (Å²) in [5.74, 6) is 0.372. The molecule has 10 heteroatoms. The number of hydrogen-bond acceptors (Lipinski definition) is 7. The van der Waals surface area contributed by atoms with Crippen LogP contribution in [-0.4, -0.2) is 36.9 Å². The van der Waals surface area contributed by atoms with Crippen LogP contribution in [0.1, 0.15) is 16.7 Å². The SMILES string of the molecule is Cc1ccc(S(=O)(=O)O)c(CC2COc3ccc([N+](=O)[O-])c(CC=O)c3O2)c1. The maximum Gasteiger partial charge on any atom is 0.294 e. The zero-order valence-corrected chi connectivity index (χ0v) is 15.6. The van der Waals surface area contributed by atoms with E-state index in [9.17, 15) is 27.9 Å². The Morgan fingerprint density at radius 3 is 2.71 bits per heavy atom. The molecule has 1 aliphatic heterocycles.